The number of nitrogens with zero attached hydrogens (tertiary/aromatic N) is 6. The van der Waals surface area contributed by atoms with E-state index in [2.05, 4.69) is 56.3 Å². The van der Waals surface area contributed by atoms with Crippen molar-refractivity contribution in [3.63, 3.8) is 0 Å². The Balaban J connectivity index is 1.16. The van der Waals surface area contributed by atoms with Gasteiger partial charge in [0, 0.05) is 30.9 Å². The third kappa shape index (κ3) is 2.79. The Morgan fingerprint density at radius 3 is 2.87 bits per heavy atom. The summed E-state index contributed by atoms with van der Waals surface area (Å²) in [5.41, 5.74) is 2.93. The van der Waals surface area contributed by atoms with Gasteiger partial charge in [0.1, 0.15) is 6.54 Å². The lowest BCUT2D eigenvalue weighted by Crippen LogP contribution is -2.24. The molecule has 2 fully saturated rings. The van der Waals surface area contributed by atoms with Gasteiger partial charge in [-0.05, 0) is 48.6 Å². The average Bonchev–Trinajstić information content (AvgIpc) is 3.10. The zero-order valence-corrected chi connectivity index (χ0v) is 16.5. The van der Waals surface area contributed by atoms with Crippen LogP contribution in [0.5, 0.6) is 0 Å². The summed E-state index contributed by atoms with van der Waals surface area (Å²) in [6.45, 7) is 4.31. The van der Waals surface area contributed by atoms with E-state index in [1.807, 2.05) is 0 Å². The fourth-order valence-electron chi connectivity index (χ4n) is 4.67. The van der Waals surface area contributed by atoms with Crippen molar-refractivity contribution in [1.29, 1.82) is 0 Å². The lowest BCUT2D eigenvalue weighted by molar-refractivity contribution is 0.358. The molecule has 150 valence electrons. The molecular weight excluding hydrogens is 380 g/mol. The van der Waals surface area contributed by atoms with Gasteiger partial charge < -0.3 is 9.42 Å². The molecule has 8 heteroatoms. The topological polar surface area (TPSA) is 89.9 Å². The summed E-state index contributed by atoms with van der Waals surface area (Å²) in [5, 5.41) is 8.92. The van der Waals surface area contributed by atoms with Crippen molar-refractivity contribution in [2.75, 3.05) is 18.0 Å². The predicted molar refractivity (Wildman–Crippen MR) is 110 cm³/mol. The van der Waals surface area contributed by atoms with Gasteiger partial charge in [-0.2, -0.15) is 10.1 Å². The molecular formula is C22H20N6O2. The van der Waals surface area contributed by atoms with Gasteiger partial charge in [-0.3, -0.25) is 9.78 Å². The molecule has 1 aliphatic heterocycles. The lowest BCUT2D eigenvalue weighted by atomic mass is 10.2. The van der Waals surface area contributed by atoms with Crippen LogP contribution in [0.3, 0.4) is 0 Å². The standard InChI is InChI=1S/C22H20N6O2/c1-13-4-2-5-14(8-13)27-10-16-17(11-27)20(16)21-25-19(30-26-21)12-28-22(29)15-6-3-7-23-18(15)9-24-28/h2-9,16-17,20H,10-12H2,1H3/t16-,17+,20?. The van der Waals surface area contributed by atoms with Crippen molar-refractivity contribution in [3.05, 3.63) is 76.4 Å². The highest BCUT2D eigenvalue weighted by Gasteiger charge is 2.58. The molecule has 6 rings (SSSR count). The second kappa shape index (κ2) is 6.48. The van der Waals surface area contributed by atoms with Crippen molar-refractivity contribution in [3.8, 4) is 0 Å². The van der Waals surface area contributed by atoms with Crippen LogP contribution in [-0.4, -0.2) is 38.0 Å². The Morgan fingerprint density at radius 2 is 2.03 bits per heavy atom. The van der Waals surface area contributed by atoms with E-state index in [1.54, 1.807) is 24.5 Å². The Labute approximate surface area is 172 Å². The van der Waals surface area contributed by atoms with Gasteiger partial charge >= 0.3 is 0 Å². The van der Waals surface area contributed by atoms with Crippen LogP contribution < -0.4 is 10.5 Å². The molecule has 0 amide bonds. The first-order valence-corrected chi connectivity index (χ1v) is 10.1. The number of benzene rings is 1. The van der Waals surface area contributed by atoms with E-state index in [1.165, 1.54) is 15.9 Å². The number of pyridine rings is 1. The van der Waals surface area contributed by atoms with E-state index in [0.717, 1.165) is 18.9 Å². The fourth-order valence-corrected chi connectivity index (χ4v) is 4.67. The van der Waals surface area contributed by atoms with E-state index in [0.29, 0.717) is 34.5 Å². The van der Waals surface area contributed by atoms with E-state index in [-0.39, 0.29) is 12.1 Å². The van der Waals surface area contributed by atoms with E-state index in [4.69, 9.17) is 4.52 Å². The third-order valence-corrected chi connectivity index (χ3v) is 6.25. The van der Waals surface area contributed by atoms with Gasteiger partial charge in [0.15, 0.2) is 5.82 Å². The van der Waals surface area contributed by atoms with Crippen molar-refractivity contribution in [2.45, 2.75) is 19.4 Å². The third-order valence-electron chi connectivity index (χ3n) is 6.25. The van der Waals surface area contributed by atoms with Gasteiger partial charge in [0.25, 0.3) is 5.56 Å². The Bertz CT molecular complexity index is 1300. The number of piperidine rings is 1. The van der Waals surface area contributed by atoms with Crippen molar-refractivity contribution in [2.24, 2.45) is 11.8 Å². The predicted octanol–water partition coefficient (Wildman–Crippen LogP) is 2.38. The van der Waals surface area contributed by atoms with E-state index >= 15 is 0 Å². The molecule has 3 atom stereocenters. The highest BCUT2D eigenvalue weighted by atomic mass is 16.5. The van der Waals surface area contributed by atoms with Crippen LogP contribution in [0.25, 0.3) is 10.9 Å². The molecule has 30 heavy (non-hydrogen) atoms. The fraction of sp³-hybridized carbons (Fsp3) is 0.318. The molecule has 1 aliphatic carbocycles. The Hall–Kier alpha value is -3.55. The number of aryl methyl sites for hydroxylation is 1. The maximum absolute atomic E-state index is 12.6. The minimum absolute atomic E-state index is 0.161. The molecule has 0 N–H and O–H groups in total. The molecule has 8 nitrogen and oxygen atoms in total. The summed E-state index contributed by atoms with van der Waals surface area (Å²) in [6.07, 6.45) is 3.23. The first-order chi connectivity index (χ1) is 14.7. The van der Waals surface area contributed by atoms with Crippen LogP contribution in [0, 0.1) is 18.8 Å². The van der Waals surface area contributed by atoms with Gasteiger partial charge in [-0.15, -0.1) is 0 Å². The summed E-state index contributed by atoms with van der Waals surface area (Å²) in [5.74, 6) is 2.61. The van der Waals surface area contributed by atoms with E-state index in [9.17, 15) is 4.79 Å². The van der Waals surface area contributed by atoms with Gasteiger partial charge in [0.2, 0.25) is 5.89 Å². The van der Waals surface area contributed by atoms with Crippen molar-refractivity contribution < 1.29 is 4.52 Å². The Morgan fingerprint density at radius 1 is 1.17 bits per heavy atom. The average molecular weight is 400 g/mol. The first-order valence-electron chi connectivity index (χ1n) is 10.1. The molecule has 4 heterocycles. The van der Waals surface area contributed by atoms with Crippen LogP contribution in [0.15, 0.2) is 58.1 Å². The number of rotatable bonds is 4. The van der Waals surface area contributed by atoms with Crippen molar-refractivity contribution in [1.82, 2.24) is 24.9 Å². The second-order valence-corrected chi connectivity index (χ2v) is 8.19. The normalized spacial score (nSPS) is 22.4. The molecule has 1 aromatic carbocycles. The molecule has 2 aliphatic rings. The zero-order valence-electron chi connectivity index (χ0n) is 16.5. The summed E-state index contributed by atoms with van der Waals surface area (Å²) >= 11 is 0. The van der Waals surface area contributed by atoms with Crippen molar-refractivity contribution >= 4 is 16.6 Å². The minimum atomic E-state index is -0.211. The largest absolute Gasteiger partial charge is 0.371 e. The smallest absolute Gasteiger partial charge is 0.276 e. The SMILES string of the molecule is Cc1cccc(N2C[C@@H]3C(c4noc(Cn5ncc6ncccc6c5=O)n4)[C@@H]3C2)c1. The van der Waals surface area contributed by atoms with Gasteiger partial charge in [-0.25, -0.2) is 4.68 Å². The number of hydrogen-bond acceptors (Lipinski definition) is 7. The second-order valence-electron chi connectivity index (χ2n) is 8.19. The maximum Gasteiger partial charge on any atom is 0.276 e. The zero-order chi connectivity index (χ0) is 20.2. The van der Waals surface area contributed by atoms with Crippen LogP contribution in [-0.2, 0) is 6.54 Å². The molecule has 0 spiro atoms. The van der Waals surface area contributed by atoms with Crippen LogP contribution in [0.2, 0.25) is 0 Å². The number of fused-ring (bicyclic) bond motifs is 2. The summed E-state index contributed by atoms with van der Waals surface area (Å²) < 4.78 is 6.78. The number of hydrogen-bond donors (Lipinski definition) is 0. The first kappa shape index (κ1) is 17.3. The highest BCUT2D eigenvalue weighted by Crippen LogP contribution is 2.57. The maximum atomic E-state index is 12.6. The molecule has 1 saturated heterocycles. The number of anilines is 1. The molecule has 3 aromatic heterocycles. The van der Waals surface area contributed by atoms with E-state index < -0.39 is 0 Å². The molecule has 4 aromatic rings. The number of aromatic nitrogens is 5. The monoisotopic (exact) mass is 400 g/mol. The molecule has 1 unspecified atom stereocenters. The summed E-state index contributed by atoms with van der Waals surface area (Å²) in [7, 11) is 0. The lowest BCUT2D eigenvalue weighted by Gasteiger charge is -2.21. The van der Waals surface area contributed by atoms with Crippen LogP contribution in [0.4, 0.5) is 5.69 Å². The van der Waals surface area contributed by atoms with Gasteiger partial charge in [0.05, 0.1) is 17.1 Å². The molecule has 0 radical (unpaired) electrons. The Kier molecular flexibility index (Phi) is 3.74. The quantitative estimate of drug-likeness (QED) is 0.519. The summed E-state index contributed by atoms with van der Waals surface area (Å²) in [6, 6.07) is 12.1. The molecule has 1 saturated carbocycles. The van der Waals surface area contributed by atoms with Crippen LogP contribution >= 0.6 is 0 Å². The highest BCUT2D eigenvalue weighted by molar-refractivity contribution is 5.75. The minimum Gasteiger partial charge on any atom is -0.371 e. The van der Waals surface area contributed by atoms with Crippen LogP contribution in [0.1, 0.15) is 23.2 Å². The summed E-state index contributed by atoms with van der Waals surface area (Å²) in [4.78, 5) is 23.8. The molecule has 0 bridgehead atoms. The van der Waals surface area contributed by atoms with Gasteiger partial charge in [-0.1, -0.05) is 17.3 Å².